The summed E-state index contributed by atoms with van der Waals surface area (Å²) in [7, 11) is 8.35. The fourth-order valence-corrected chi connectivity index (χ4v) is 1.52. The molecule has 0 amide bonds. The Balaban J connectivity index is 4.20. The molecule has 11 heavy (non-hydrogen) atoms. The Labute approximate surface area is 71.0 Å². The van der Waals surface area contributed by atoms with E-state index >= 15 is 0 Å². The molecule has 0 aromatic rings. The maximum absolute atomic E-state index is 3.79. The molecule has 0 aromatic carbocycles. The zero-order valence-electron chi connectivity index (χ0n) is 8.33. The largest absolute Gasteiger partial charge is 0.333 e. The Morgan fingerprint density at radius 1 is 1.18 bits per heavy atom. The van der Waals surface area contributed by atoms with Gasteiger partial charge in [-0.25, -0.2) is 0 Å². The second-order valence-electron chi connectivity index (χ2n) is 3.44. The number of rotatable bonds is 4. The average molecular weight is 154 g/mol. The van der Waals surface area contributed by atoms with Crippen molar-refractivity contribution in [2.45, 2.75) is 12.7 Å². The van der Waals surface area contributed by atoms with E-state index < -0.39 is 0 Å². The monoisotopic (exact) mass is 154 g/mol. The van der Waals surface area contributed by atoms with E-state index in [1.54, 1.807) is 0 Å². The predicted molar refractivity (Wildman–Crippen MR) is 52.7 cm³/mol. The standard InChI is InChI=1S/C8H19BN2/c1-7-8(2)9(10(3)4)11(5)6/h7-8H,1H2,2-6H3. The highest BCUT2D eigenvalue weighted by atomic mass is 15.2. The van der Waals surface area contributed by atoms with Crippen molar-refractivity contribution in [3.05, 3.63) is 12.7 Å². The third-order valence-corrected chi connectivity index (χ3v) is 1.90. The zero-order chi connectivity index (χ0) is 9.02. The quantitative estimate of drug-likeness (QED) is 0.443. The van der Waals surface area contributed by atoms with E-state index in [-0.39, 0.29) is 0 Å². The van der Waals surface area contributed by atoms with Gasteiger partial charge in [-0.15, -0.1) is 6.58 Å². The Bertz CT molecular complexity index is 115. The van der Waals surface area contributed by atoms with Crippen molar-refractivity contribution >= 4 is 6.98 Å². The van der Waals surface area contributed by atoms with Crippen LogP contribution in [0.3, 0.4) is 0 Å². The van der Waals surface area contributed by atoms with Gasteiger partial charge in [-0.1, -0.05) is 13.0 Å². The summed E-state index contributed by atoms with van der Waals surface area (Å²) in [4.78, 5) is 4.40. The molecule has 1 atom stereocenters. The summed E-state index contributed by atoms with van der Waals surface area (Å²) >= 11 is 0. The van der Waals surface area contributed by atoms with Crippen LogP contribution in [-0.2, 0) is 0 Å². The summed E-state index contributed by atoms with van der Waals surface area (Å²) in [6, 6.07) is 0. The SMILES string of the molecule is C=CC(C)B(N(C)C)N(C)C. The van der Waals surface area contributed by atoms with E-state index in [1.807, 2.05) is 6.08 Å². The van der Waals surface area contributed by atoms with Gasteiger partial charge in [-0.2, -0.15) is 0 Å². The molecular weight excluding hydrogens is 135 g/mol. The van der Waals surface area contributed by atoms with Crippen LogP contribution in [0.2, 0.25) is 5.82 Å². The number of nitrogens with zero attached hydrogens (tertiary/aromatic N) is 2. The first-order valence-electron chi connectivity index (χ1n) is 3.96. The van der Waals surface area contributed by atoms with Crippen LogP contribution in [0.4, 0.5) is 0 Å². The van der Waals surface area contributed by atoms with Gasteiger partial charge in [0.2, 0.25) is 0 Å². The molecule has 0 saturated heterocycles. The van der Waals surface area contributed by atoms with Crippen molar-refractivity contribution in [1.82, 2.24) is 9.62 Å². The minimum atomic E-state index is 0.451. The van der Waals surface area contributed by atoms with Crippen LogP contribution in [0.5, 0.6) is 0 Å². The zero-order valence-corrected chi connectivity index (χ0v) is 8.33. The van der Waals surface area contributed by atoms with Crippen molar-refractivity contribution in [3.63, 3.8) is 0 Å². The smallest absolute Gasteiger partial charge is 0.316 e. The van der Waals surface area contributed by atoms with Gasteiger partial charge in [0.1, 0.15) is 0 Å². The van der Waals surface area contributed by atoms with Gasteiger partial charge in [0.15, 0.2) is 0 Å². The van der Waals surface area contributed by atoms with Crippen LogP contribution in [0, 0.1) is 0 Å². The lowest BCUT2D eigenvalue weighted by Gasteiger charge is -2.29. The molecule has 0 radical (unpaired) electrons. The van der Waals surface area contributed by atoms with Crippen LogP contribution >= 0.6 is 0 Å². The van der Waals surface area contributed by atoms with Crippen LogP contribution < -0.4 is 0 Å². The summed E-state index contributed by atoms with van der Waals surface area (Å²) in [5, 5.41) is 0. The molecule has 0 saturated carbocycles. The van der Waals surface area contributed by atoms with Crippen LogP contribution in [0.1, 0.15) is 6.92 Å². The summed E-state index contributed by atoms with van der Waals surface area (Å²) in [5.41, 5.74) is 0. The molecule has 0 rings (SSSR count). The topological polar surface area (TPSA) is 6.48 Å². The Kier molecular flexibility index (Phi) is 4.46. The Hall–Kier alpha value is -0.275. The second kappa shape index (κ2) is 4.57. The number of allylic oxidation sites excluding steroid dienone is 1. The minimum absolute atomic E-state index is 0.451. The van der Waals surface area contributed by atoms with Crippen molar-refractivity contribution in [3.8, 4) is 0 Å². The third kappa shape index (κ3) is 3.08. The first-order chi connectivity index (χ1) is 5.00. The van der Waals surface area contributed by atoms with Crippen LogP contribution in [-0.4, -0.2) is 44.8 Å². The highest BCUT2D eigenvalue weighted by molar-refractivity contribution is 6.54. The van der Waals surface area contributed by atoms with Gasteiger partial charge >= 0.3 is 6.98 Å². The fourth-order valence-electron chi connectivity index (χ4n) is 1.52. The van der Waals surface area contributed by atoms with Gasteiger partial charge in [0.05, 0.1) is 0 Å². The molecule has 0 heterocycles. The summed E-state index contributed by atoms with van der Waals surface area (Å²) in [6.07, 6.45) is 1.99. The maximum atomic E-state index is 3.79. The molecule has 1 unspecified atom stereocenters. The van der Waals surface area contributed by atoms with E-state index in [0.29, 0.717) is 12.8 Å². The Morgan fingerprint density at radius 2 is 1.55 bits per heavy atom. The fraction of sp³-hybridized carbons (Fsp3) is 0.750. The van der Waals surface area contributed by atoms with Crippen molar-refractivity contribution in [1.29, 1.82) is 0 Å². The van der Waals surface area contributed by atoms with Crippen molar-refractivity contribution in [2.24, 2.45) is 0 Å². The summed E-state index contributed by atoms with van der Waals surface area (Å²) in [6.45, 7) is 6.42. The molecule has 64 valence electrons. The molecule has 3 heteroatoms. The number of hydrogen-bond donors (Lipinski definition) is 0. The second-order valence-corrected chi connectivity index (χ2v) is 3.44. The van der Waals surface area contributed by atoms with E-state index in [0.717, 1.165) is 0 Å². The summed E-state index contributed by atoms with van der Waals surface area (Å²) in [5.74, 6) is 0.500. The molecule has 0 fully saturated rings. The minimum Gasteiger partial charge on any atom is -0.333 e. The predicted octanol–water partition coefficient (Wildman–Crippen LogP) is 1.17. The van der Waals surface area contributed by atoms with Gasteiger partial charge in [0.25, 0.3) is 0 Å². The number of hydrogen-bond acceptors (Lipinski definition) is 2. The van der Waals surface area contributed by atoms with Crippen molar-refractivity contribution < 1.29 is 0 Å². The van der Waals surface area contributed by atoms with Crippen LogP contribution in [0.15, 0.2) is 12.7 Å². The van der Waals surface area contributed by atoms with Gasteiger partial charge in [-0.3, -0.25) is 0 Å². The molecule has 0 bridgehead atoms. The Morgan fingerprint density at radius 3 is 1.64 bits per heavy atom. The van der Waals surface area contributed by atoms with Crippen molar-refractivity contribution in [2.75, 3.05) is 28.2 Å². The molecular formula is C8H19BN2. The first kappa shape index (κ1) is 10.7. The third-order valence-electron chi connectivity index (χ3n) is 1.90. The molecule has 2 nitrogen and oxygen atoms in total. The lowest BCUT2D eigenvalue weighted by Crippen LogP contribution is -2.47. The van der Waals surface area contributed by atoms with E-state index in [2.05, 4.69) is 51.3 Å². The maximum Gasteiger partial charge on any atom is 0.316 e. The van der Waals surface area contributed by atoms with E-state index in [1.165, 1.54) is 0 Å². The normalized spacial score (nSPS) is 13.7. The highest BCUT2D eigenvalue weighted by Crippen LogP contribution is 2.12. The lowest BCUT2D eigenvalue weighted by molar-refractivity contribution is 0.506. The highest BCUT2D eigenvalue weighted by Gasteiger charge is 2.25. The molecule has 0 aliphatic heterocycles. The van der Waals surface area contributed by atoms with Crippen LogP contribution in [0.25, 0.3) is 0 Å². The summed E-state index contributed by atoms with van der Waals surface area (Å²) < 4.78 is 0. The molecule has 0 aliphatic rings. The van der Waals surface area contributed by atoms with E-state index in [4.69, 9.17) is 0 Å². The molecule has 0 spiro atoms. The lowest BCUT2D eigenvalue weighted by atomic mass is 9.60. The molecule has 0 aliphatic carbocycles. The van der Waals surface area contributed by atoms with Gasteiger partial charge in [-0.05, 0) is 34.0 Å². The average Bonchev–Trinajstić information content (AvgIpc) is 1.85. The first-order valence-corrected chi connectivity index (χ1v) is 3.96. The molecule has 0 N–H and O–H groups in total. The van der Waals surface area contributed by atoms with Gasteiger partial charge < -0.3 is 9.62 Å². The van der Waals surface area contributed by atoms with Gasteiger partial charge in [0, 0.05) is 0 Å². The van der Waals surface area contributed by atoms with E-state index in [9.17, 15) is 0 Å². The molecule has 0 aromatic heterocycles.